The first-order valence-corrected chi connectivity index (χ1v) is 3.65. The summed E-state index contributed by atoms with van der Waals surface area (Å²) in [5, 5.41) is 18.4. The Labute approximate surface area is 79.0 Å². The highest BCUT2D eigenvalue weighted by atomic mass is 19.1. The van der Waals surface area contributed by atoms with E-state index in [1.54, 1.807) is 0 Å². The highest BCUT2D eigenvalue weighted by Gasteiger charge is 2.02. The monoisotopic (exact) mass is 192 g/mol. The molecule has 0 heterocycles. The standard InChI is InChI=1S/C9H5FN2O2/c10-8(6-11)5-7-1-3-9(4-2-7)12(13)14/h1-5H/b8-5-. The van der Waals surface area contributed by atoms with E-state index in [1.807, 2.05) is 0 Å². The second-order valence-electron chi connectivity index (χ2n) is 2.45. The Morgan fingerprint density at radius 2 is 2.07 bits per heavy atom. The van der Waals surface area contributed by atoms with Gasteiger partial charge in [0.2, 0.25) is 5.83 Å². The van der Waals surface area contributed by atoms with Crippen molar-refractivity contribution in [2.75, 3.05) is 0 Å². The van der Waals surface area contributed by atoms with Crippen molar-refractivity contribution in [2.24, 2.45) is 0 Å². The van der Waals surface area contributed by atoms with Crippen molar-refractivity contribution in [3.63, 3.8) is 0 Å². The molecule has 0 unspecified atom stereocenters. The number of nitriles is 1. The first-order chi connectivity index (χ1) is 6.63. The average molecular weight is 192 g/mol. The number of nitro benzene ring substituents is 1. The molecule has 0 radical (unpaired) electrons. The van der Waals surface area contributed by atoms with Crippen LogP contribution in [0.4, 0.5) is 10.1 Å². The summed E-state index contributed by atoms with van der Waals surface area (Å²) in [6.45, 7) is 0. The van der Waals surface area contributed by atoms with Crippen LogP contribution in [0.1, 0.15) is 5.56 Å². The van der Waals surface area contributed by atoms with Crippen LogP contribution in [0.25, 0.3) is 6.08 Å². The normalized spacial score (nSPS) is 10.7. The first kappa shape index (κ1) is 9.86. The summed E-state index contributed by atoms with van der Waals surface area (Å²) in [4.78, 5) is 9.71. The number of non-ortho nitro benzene ring substituents is 1. The van der Waals surface area contributed by atoms with E-state index < -0.39 is 10.8 Å². The zero-order valence-corrected chi connectivity index (χ0v) is 6.98. The van der Waals surface area contributed by atoms with Crippen molar-refractivity contribution < 1.29 is 9.31 Å². The van der Waals surface area contributed by atoms with Crippen LogP contribution < -0.4 is 0 Å². The average Bonchev–Trinajstić information content (AvgIpc) is 2.18. The second-order valence-corrected chi connectivity index (χ2v) is 2.45. The molecule has 0 spiro atoms. The minimum absolute atomic E-state index is 0.0699. The van der Waals surface area contributed by atoms with Gasteiger partial charge in [0.25, 0.3) is 5.69 Å². The van der Waals surface area contributed by atoms with Gasteiger partial charge in [0.15, 0.2) is 0 Å². The van der Waals surface area contributed by atoms with E-state index in [1.165, 1.54) is 30.3 Å². The van der Waals surface area contributed by atoms with Crippen molar-refractivity contribution in [1.29, 1.82) is 5.26 Å². The van der Waals surface area contributed by atoms with E-state index in [-0.39, 0.29) is 5.69 Å². The molecule has 0 bridgehead atoms. The van der Waals surface area contributed by atoms with Crippen molar-refractivity contribution in [3.05, 3.63) is 45.8 Å². The molecule has 0 saturated carbocycles. The van der Waals surface area contributed by atoms with Gasteiger partial charge in [-0.3, -0.25) is 10.1 Å². The lowest BCUT2D eigenvalue weighted by atomic mass is 10.2. The minimum atomic E-state index is -0.932. The zero-order valence-electron chi connectivity index (χ0n) is 6.98. The summed E-state index contributed by atoms with van der Waals surface area (Å²) >= 11 is 0. The van der Waals surface area contributed by atoms with Crippen molar-refractivity contribution in [1.82, 2.24) is 0 Å². The fourth-order valence-electron chi connectivity index (χ4n) is 0.871. The third-order valence-corrected chi connectivity index (χ3v) is 1.50. The Bertz CT molecular complexity index is 417. The molecular formula is C9H5FN2O2. The maximum Gasteiger partial charge on any atom is 0.269 e. The molecule has 1 aromatic carbocycles. The molecule has 0 aromatic heterocycles. The van der Waals surface area contributed by atoms with E-state index in [0.717, 1.165) is 6.08 Å². The van der Waals surface area contributed by atoms with E-state index in [4.69, 9.17) is 5.26 Å². The summed E-state index contributed by atoms with van der Waals surface area (Å²) in [7, 11) is 0. The van der Waals surface area contributed by atoms with Crippen LogP contribution in [-0.2, 0) is 0 Å². The molecule has 0 aliphatic carbocycles. The molecule has 1 rings (SSSR count). The lowest BCUT2D eigenvalue weighted by Crippen LogP contribution is -1.86. The molecule has 0 aliphatic heterocycles. The van der Waals surface area contributed by atoms with Gasteiger partial charge in [0.1, 0.15) is 6.07 Å². The summed E-state index contributed by atoms with van der Waals surface area (Å²) in [6.07, 6.45) is 1.00. The number of hydrogen-bond acceptors (Lipinski definition) is 3. The van der Waals surface area contributed by atoms with Crippen LogP contribution >= 0.6 is 0 Å². The number of nitro groups is 1. The van der Waals surface area contributed by atoms with Gasteiger partial charge in [-0.1, -0.05) is 0 Å². The summed E-state index contributed by atoms with van der Waals surface area (Å²) in [5.41, 5.74) is 0.342. The molecule has 0 saturated heterocycles. The molecule has 14 heavy (non-hydrogen) atoms. The van der Waals surface area contributed by atoms with Gasteiger partial charge in [-0.2, -0.15) is 9.65 Å². The van der Waals surface area contributed by atoms with Gasteiger partial charge in [-0.25, -0.2) is 0 Å². The van der Waals surface area contributed by atoms with Crippen LogP contribution in [-0.4, -0.2) is 4.92 Å². The second kappa shape index (κ2) is 4.14. The number of hydrogen-bond donors (Lipinski definition) is 0. The quantitative estimate of drug-likeness (QED) is 0.410. The highest BCUT2D eigenvalue weighted by molar-refractivity contribution is 5.56. The Hall–Kier alpha value is -2.22. The van der Waals surface area contributed by atoms with E-state index in [0.29, 0.717) is 5.56 Å². The maximum atomic E-state index is 12.4. The first-order valence-electron chi connectivity index (χ1n) is 3.65. The van der Waals surface area contributed by atoms with Crippen molar-refractivity contribution in [3.8, 4) is 6.07 Å². The smallest absolute Gasteiger partial charge is 0.258 e. The third kappa shape index (κ3) is 2.38. The Kier molecular flexibility index (Phi) is 2.92. The molecule has 0 aliphatic rings. The summed E-state index contributed by atoms with van der Waals surface area (Å²) in [5.74, 6) is -0.932. The molecule has 0 fully saturated rings. The number of benzene rings is 1. The van der Waals surface area contributed by atoms with Crippen LogP contribution in [0, 0.1) is 21.4 Å². The van der Waals surface area contributed by atoms with Gasteiger partial charge in [0, 0.05) is 12.1 Å². The molecule has 70 valence electrons. The maximum absolute atomic E-state index is 12.4. The van der Waals surface area contributed by atoms with Crippen LogP contribution in [0.3, 0.4) is 0 Å². The lowest BCUT2D eigenvalue weighted by molar-refractivity contribution is -0.384. The van der Waals surface area contributed by atoms with Crippen molar-refractivity contribution in [2.45, 2.75) is 0 Å². The van der Waals surface area contributed by atoms with E-state index >= 15 is 0 Å². The fourth-order valence-corrected chi connectivity index (χ4v) is 0.871. The molecule has 0 atom stereocenters. The van der Waals surface area contributed by atoms with Gasteiger partial charge in [-0.05, 0) is 23.8 Å². The van der Waals surface area contributed by atoms with Gasteiger partial charge < -0.3 is 0 Å². The van der Waals surface area contributed by atoms with Crippen LogP contribution in [0.15, 0.2) is 30.1 Å². The lowest BCUT2D eigenvalue weighted by Gasteiger charge is -1.92. The fraction of sp³-hybridized carbons (Fsp3) is 0. The number of allylic oxidation sites excluding steroid dienone is 1. The predicted molar refractivity (Wildman–Crippen MR) is 47.8 cm³/mol. The van der Waals surface area contributed by atoms with E-state index in [9.17, 15) is 14.5 Å². The molecule has 1 aromatic rings. The summed E-state index contributed by atoms with van der Waals surface area (Å²) in [6, 6.07) is 6.54. The Balaban J connectivity index is 2.96. The zero-order chi connectivity index (χ0) is 10.6. The van der Waals surface area contributed by atoms with Gasteiger partial charge >= 0.3 is 0 Å². The highest BCUT2D eigenvalue weighted by Crippen LogP contribution is 2.14. The number of rotatable bonds is 2. The van der Waals surface area contributed by atoms with Crippen molar-refractivity contribution >= 4 is 11.8 Å². The van der Waals surface area contributed by atoms with Crippen LogP contribution in [0.2, 0.25) is 0 Å². The van der Waals surface area contributed by atoms with Gasteiger partial charge in [0.05, 0.1) is 4.92 Å². The molecular weight excluding hydrogens is 187 g/mol. The van der Waals surface area contributed by atoms with Gasteiger partial charge in [-0.15, -0.1) is 0 Å². The predicted octanol–water partition coefficient (Wildman–Crippen LogP) is 2.43. The Morgan fingerprint density at radius 3 is 2.50 bits per heavy atom. The SMILES string of the molecule is N#C/C(F)=C/c1ccc([N+](=O)[O-])cc1. The molecule has 4 nitrogen and oxygen atoms in total. The number of nitrogens with zero attached hydrogens (tertiary/aromatic N) is 2. The summed E-state index contributed by atoms with van der Waals surface area (Å²) < 4.78 is 12.4. The molecule has 0 N–H and O–H groups in total. The minimum Gasteiger partial charge on any atom is -0.258 e. The van der Waals surface area contributed by atoms with E-state index in [2.05, 4.69) is 0 Å². The number of halogens is 1. The largest absolute Gasteiger partial charge is 0.269 e. The molecule has 0 amide bonds. The third-order valence-electron chi connectivity index (χ3n) is 1.50. The topological polar surface area (TPSA) is 66.9 Å². The Morgan fingerprint density at radius 1 is 1.50 bits per heavy atom. The molecule has 5 heteroatoms. The van der Waals surface area contributed by atoms with Crippen LogP contribution in [0.5, 0.6) is 0 Å².